The predicted octanol–water partition coefficient (Wildman–Crippen LogP) is 2.07. The molecule has 0 N–H and O–H groups in total. The van der Waals surface area contributed by atoms with Crippen molar-refractivity contribution in [3.63, 3.8) is 0 Å². The van der Waals surface area contributed by atoms with Gasteiger partial charge in [0, 0.05) is 19.1 Å². The van der Waals surface area contributed by atoms with Crippen molar-refractivity contribution in [3.05, 3.63) is 35.4 Å². The van der Waals surface area contributed by atoms with E-state index < -0.39 is 0 Å². The first-order chi connectivity index (χ1) is 10.7. The second-order valence-corrected chi connectivity index (χ2v) is 6.55. The Morgan fingerprint density at radius 2 is 2.09 bits per heavy atom. The molecule has 0 radical (unpaired) electrons. The van der Waals surface area contributed by atoms with Crippen LogP contribution in [0, 0.1) is 0 Å². The largest absolute Gasteiger partial charge is 0.468 e. The third-order valence-corrected chi connectivity index (χ3v) is 5.24. The van der Waals surface area contributed by atoms with Gasteiger partial charge in [0.15, 0.2) is 0 Å². The fourth-order valence-corrected chi connectivity index (χ4v) is 3.84. The molecule has 2 aliphatic rings. The Bertz CT molecular complexity index is 532. The first-order valence-corrected chi connectivity index (χ1v) is 8.28. The van der Waals surface area contributed by atoms with E-state index in [1.165, 1.54) is 37.6 Å². The molecule has 1 fully saturated rings. The molecular weight excluding hydrogens is 276 g/mol. The number of nitrogens with zero attached hydrogens (tertiary/aromatic N) is 2. The maximum Gasteiger partial charge on any atom is 0.323 e. The minimum Gasteiger partial charge on any atom is -0.468 e. The highest BCUT2D eigenvalue weighted by Crippen LogP contribution is 2.26. The van der Waals surface area contributed by atoms with E-state index >= 15 is 0 Å². The topological polar surface area (TPSA) is 32.8 Å². The molecule has 2 heterocycles. The Balaban J connectivity index is 1.70. The van der Waals surface area contributed by atoms with E-state index in [4.69, 9.17) is 4.74 Å². The summed E-state index contributed by atoms with van der Waals surface area (Å²) in [5.74, 6) is -0.103. The van der Waals surface area contributed by atoms with Crippen LogP contribution in [-0.4, -0.2) is 55.1 Å². The molecule has 4 nitrogen and oxygen atoms in total. The van der Waals surface area contributed by atoms with Crippen LogP contribution in [0.2, 0.25) is 0 Å². The van der Waals surface area contributed by atoms with Crippen molar-refractivity contribution in [1.82, 2.24) is 9.80 Å². The number of methoxy groups -OCH3 is 1. The molecule has 120 valence electrons. The van der Waals surface area contributed by atoms with Gasteiger partial charge < -0.3 is 9.64 Å². The number of likely N-dealkylation sites (tertiary alicyclic amines) is 1. The summed E-state index contributed by atoms with van der Waals surface area (Å²) in [5.41, 5.74) is 2.63. The summed E-state index contributed by atoms with van der Waals surface area (Å²) in [5, 5.41) is 0. The molecule has 1 aromatic carbocycles. The predicted molar refractivity (Wildman–Crippen MR) is 86.6 cm³/mol. The number of esters is 1. The van der Waals surface area contributed by atoms with E-state index in [0.717, 1.165) is 25.9 Å². The summed E-state index contributed by atoms with van der Waals surface area (Å²) in [6, 6.07) is 8.98. The Kier molecular flexibility index (Phi) is 4.79. The molecule has 0 unspecified atom stereocenters. The fourth-order valence-electron chi connectivity index (χ4n) is 3.84. The number of ether oxygens (including phenoxy) is 1. The molecule has 0 aliphatic carbocycles. The first kappa shape index (κ1) is 15.5. The number of hydrogen-bond acceptors (Lipinski definition) is 4. The third-order valence-electron chi connectivity index (χ3n) is 5.24. The fraction of sp³-hybridized carbons (Fsp3) is 0.611. The van der Waals surface area contributed by atoms with Crippen molar-refractivity contribution in [2.45, 2.75) is 44.3 Å². The van der Waals surface area contributed by atoms with Crippen LogP contribution in [0.25, 0.3) is 0 Å². The Morgan fingerprint density at radius 3 is 2.77 bits per heavy atom. The van der Waals surface area contributed by atoms with Gasteiger partial charge in [-0.2, -0.15) is 0 Å². The van der Waals surface area contributed by atoms with Crippen molar-refractivity contribution >= 4 is 5.97 Å². The molecule has 0 aromatic heterocycles. The summed E-state index contributed by atoms with van der Waals surface area (Å²) in [7, 11) is 3.70. The molecule has 1 saturated heterocycles. The van der Waals surface area contributed by atoms with Gasteiger partial charge in [0.1, 0.15) is 6.04 Å². The van der Waals surface area contributed by atoms with E-state index in [1.54, 1.807) is 0 Å². The van der Waals surface area contributed by atoms with Crippen LogP contribution < -0.4 is 0 Å². The molecular formula is C18H26N2O2. The van der Waals surface area contributed by atoms with Crippen molar-refractivity contribution in [1.29, 1.82) is 0 Å². The van der Waals surface area contributed by atoms with Gasteiger partial charge in [-0.15, -0.1) is 0 Å². The molecule has 3 rings (SSSR count). The van der Waals surface area contributed by atoms with Crippen LogP contribution in [0.5, 0.6) is 0 Å². The zero-order chi connectivity index (χ0) is 15.5. The Hall–Kier alpha value is -1.39. The molecule has 22 heavy (non-hydrogen) atoms. The van der Waals surface area contributed by atoms with Gasteiger partial charge >= 0.3 is 5.97 Å². The van der Waals surface area contributed by atoms with Gasteiger partial charge in [-0.25, -0.2) is 0 Å². The van der Waals surface area contributed by atoms with Gasteiger partial charge in [0.2, 0.25) is 0 Å². The summed E-state index contributed by atoms with van der Waals surface area (Å²) in [6.45, 7) is 3.02. The van der Waals surface area contributed by atoms with Gasteiger partial charge in [0.25, 0.3) is 0 Å². The standard InChI is InChI=1S/C18H26N2O2/c1-19-10-5-8-16(19)9-11-20-13-15-7-4-3-6-14(15)12-17(20)18(21)22-2/h3-4,6-7,16-17H,5,8-13H2,1-2H3/t16-,17+/m1/s1. The van der Waals surface area contributed by atoms with Crippen LogP contribution in [0.15, 0.2) is 24.3 Å². The van der Waals surface area contributed by atoms with Crippen molar-refractivity contribution in [3.8, 4) is 0 Å². The highest BCUT2D eigenvalue weighted by atomic mass is 16.5. The number of benzene rings is 1. The average Bonchev–Trinajstić information content (AvgIpc) is 2.96. The Labute approximate surface area is 133 Å². The molecule has 0 spiro atoms. The molecule has 2 atom stereocenters. The van der Waals surface area contributed by atoms with E-state index in [-0.39, 0.29) is 12.0 Å². The third kappa shape index (κ3) is 3.18. The molecule has 2 aliphatic heterocycles. The molecule has 4 heteroatoms. The van der Waals surface area contributed by atoms with Gasteiger partial charge in [-0.1, -0.05) is 24.3 Å². The van der Waals surface area contributed by atoms with Crippen LogP contribution in [0.3, 0.4) is 0 Å². The van der Waals surface area contributed by atoms with E-state index in [0.29, 0.717) is 6.04 Å². The number of rotatable bonds is 4. The van der Waals surface area contributed by atoms with Crippen LogP contribution >= 0.6 is 0 Å². The maximum absolute atomic E-state index is 12.2. The molecule has 0 amide bonds. The van der Waals surface area contributed by atoms with Gasteiger partial charge in [-0.05, 0) is 50.4 Å². The average molecular weight is 302 g/mol. The van der Waals surface area contributed by atoms with E-state index in [1.807, 2.05) is 0 Å². The summed E-state index contributed by atoms with van der Waals surface area (Å²) >= 11 is 0. The highest BCUT2D eigenvalue weighted by molar-refractivity contribution is 5.76. The SMILES string of the molecule is COC(=O)[C@@H]1Cc2ccccc2CN1CC[C@H]1CCCN1C. The number of hydrogen-bond donors (Lipinski definition) is 0. The summed E-state index contributed by atoms with van der Waals surface area (Å²) in [6.07, 6.45) is 4.48. The van der Waals surface area contributed by atoms with E-state index in [9.17, 15) is 4.79 Å². The van der Waals surface area contributed by atoms with Gasteiger partial charge in [0.05, 0.1) is 7.11 Å². The minimum atomic E-state index is -0.133. The lowest BCUT2D eigenvalue weighted by molar-refractivity contribution is -0.147. The molecule has 0 saturated carbocycles. The van der Waals surface area contributed by atoms with Crippen molar-refractivity contribution in [2.75, 3.05) is 27.2 Å². The quantitative estimate of drug-likeness (QED) is 0.797. The van der Waals surface area contributed by atoms with Crippen LogP contribution in [0.4, 0.5) is 0 Å². The monoisotopic (exact) mass is 302 g/mol. The summed E-state index contributed by atoms with van der Waals surface area (Å²) in [4.78, 5) is 16.9. The molecule has 1 aromatic rings. The lowest BCUT2D eigenvalue weighted by Gasteiger charge is -2.36. The van der Waals surface area contributed by atoms with E-state index in [2.05, 4.69) is 41.1 Å². The second kappa shape index (κ2) is 6.80. The number of fused-ring (bicyclic) bond motifs is 1. The maximum atomic E-state index is 12.2. The smallest absolute Gasteiger partial charge is 0.323 e. The lowest BCUT2D eigenvalue weighted by Crippen LogP contribution is -2.47. The minimum absolute atomic E-state index is 0.103. The van der Waals surface area contributed by atoms with Crippen molar-refractivity contribution < 1.29 is 9.53 Å². The first-order valence-electron chi connectivity index (χ1n) is 8.28. The van der Waals surface area contributed by atoms with Crippen molar-refractivity contribution in [2.24, 2.45) is 0 Å². The lowest BCUT2D eigenvalue weighted by atomic mass is 9.93. The zero-order valence-corrected chi connectivity index (χ0v) is 13.6. The summed E-state index contributed by atoms with van der Waals surface area (Å²) < 4.78 is 5.04. The molecule has 0 bridgehead atoms. The number of carbonyl (C=O) groups excluding carboxylic acids is 1. The zero-order valence-electron chi connectivity index (χ0n) is 13.6. The Morgan fingerprint density at radius 1 is 1.32 bits per heavy atom. The normalized spacial score (nSPS) is 25.9. The van der Waals surface area contributed by atoms with Crippen LogP contribution in [0.1, 0.15) is 30.4 Å². The van der Waals surface area contributed by atoms with Gasteiger partial charge in [-0.3, -0.25) is 9.69 Å². The highest BCUT2D eigenvalue weighted by Gasteiger charge is 2.33. The second-order valence-electron chi connectivity index (χ2n) is 6.55. The number of carbonyl (C=O) groups is 1. The van der Waals surface area contributed by atoms with Crippen LogP contribution in [-0.2, 0) is 22.5 Å².